The van der Waals surface area contributed by atoms with Crippen LogP contribution in [-0.2, 0) is 4.79 Å². The number of hydrogen-bond acceptors (Lipinski definition) is 5. The summed E-state index contributed by atoms with van der Waals surface area (Å²) in [4.78, 5) is 16.1. The lowest BCUT2D eigenvalue weighted by molar-refractivity contribution is -0.124. The third kappa shape index (κ3) is 3.05. The normalized spacial score (nSPS) is 18.5. The van der Waals surface area contributed by atoms with E-state index in [2.05, 4.69) is 17.2 Å². The highest BCUT2D eigenvalue weighted by Gasteiger charge is 2.49. The molecule has 1 heterocycles. The Balaban J connectivity index is 2.04. The molecule has 100 valence electrons. The first-order valence-electron chi connectivity index (χ1n) is 6.26. The van der Waals surface area contributed by atoms with Gasteiger partial charge in [-0.2, -0.15) is 0 Å². The number of amides is 1. The monoisotopic (exact) mass is 285 g/mol. The van der Waals surface area contributed by atoms with Crippen LogP contribution in [0, 0.1) is 5.92 Å². The number of nitrogens with two attached hydrogens (primary N) is 1. The second-order valence-corrected chi connectivity index (χ2v) is 6.74. The molecule has 0 spiro atoms. The van der Waals surface area contributed by atoms with Gasteiger partial charge in [0.05, 0.1) is 0 Å². The van der Waals surface area contributed by atoms with E-state index in [1.165, 1.54) is 0 Å². The molecule has 1 aromatic rings. The zero-order valence-electron chi connectivity index (χ0n) is 10.5. The van der Waals surface area contributed by atoms with Crippen LogP contribution < -0.4 is 11.1 Å². The average molecular weight is 285 g/mol. The Kier molecular flexibility index (Phi) is 4.64. The average Bonchev–Trinajstić information content (AvgIpc) is 3.07. The molecular formula is C12H19N3OS2. The SMILES string of the molecule is CCCNC(CSc1nccs1)(C(N)=O)C1CC1. The van der Waals surface area contributed by atoms with Crippen LogP contribution in [0.5, 0.6) is 0 Å². The molecule has 2 rings (SSSR count). The summed E-state index contributed by atoms with van der Waals surface area (Å²) in [6.45, 7) is 2.93. The lowest BCUT2D eigenvalue weighted by atomic mass is 9.94. The third-order valence-electron chi connectivity index (χ3n) is 3.24. The summed E-state index contributed by atoms with van der Waals surface area (Å²) in [5.74, 6) is 0.858. The van der Waals surface area contributed by atoms with E-state index >= 15 is 0 Å². The topological polar surface area (TPSA) is 68.0 Å². The quantitative estimate of drug-likeness (QED) is 0.716. The largest absolute Gasteiger partial charge is 0.368 e. The van der Waals surface area contributed by atoms with E-state index in [1.807, 2.05) is 5.38 Å². The Labute approximate surface area is 116 Å². The molecule has 1 unspecified atom stereocenters. The fraction of sp³-hybridized carbons (Fsp3) is 0.667. The Bertz CT molecular complexity index is 392. The van der Waals surface area contributed by atoms with Crippen molar-refractivity contribution in [1.82, 2.24) is 10.3 Å². The van der Waals surface area contributed by atoms with Gasteiger partial charge in [0.15, 0.2) is 0 Å². The zero-order chi connectivity index (χ0) is 13.0. The smallest absolute Gasteiger partial charge is 0.238 e. The van der Waals surface area contributed by atoms with Crippen molar-refractivity contribution in [3.63, 3.8) is 0 Å². The van der Waals surface area contributed by atoms with Gasteiger partial charge >= 0.3 is 0 Å². The number of nitrogens with zero attached hydrogens (tertiary/aromatic N) is 1. The highest BCUT2D eigenvalue weighted by Crippen LogP contribution is 2.42. The van der Waals surface area contributed by atoms with Crippen LogP contribution in [-0.4, -0.2) is 28.7 Å². The van der Waals surface area contributed by atoms with Crippen LogP contribution >= 0.6 is 23.1 Å². The maximum Gasteiger partial charge on any atom is 0.238 e. The van der Waals surface area contributed by atoms with Crippen LogP contribution in [0.2, 0.25) is 0 Å². The highest BCUT2D eigenvalue weighted by molar-refractivity contribution is 8.01. The van der Waals surface area contributed by atoms with Gasteiger partial charge in [0.2, 0.25) is 5.91 Å². The highest BCUT2D eigenvalue weighted by atomic mass is 32.2. The lowest BCUT2D eigenvalue weighted by Gasteiger charge is -2.31. The number of carbonyl (C=O) groups is 1. The molecule has 0 radical (unpaired) electrons. The van der Waals surface area contributed by atoms with Gasteiger partial charge in [-0.1, -0.05) is 18.7 Å². The van der Waals surface area contributed by atoms with Crippen molar-refractivity contribution in [1.29, 1.82) is 0 Å². The summed E-state index contributed by atoms with van der Waals surface area (Å²) in [5.41, 5.74) is 5.11. The van der Waals surface area contributed by atoms with Crippen LogP contribution in [0.25, 0.3) is 0 Å². The van der Waals surface area contributed by atoms with Crippen LogP contribution in [0.3, 0.4) is 0 Å². The van der Waals surface area contributed by atoms with Crippen molar-refractivity contribution in [3.8, 4) is 0 Å². The van der Waals surface area contributed by atoms with Gasteiger partial charge in [-0.25, -0.2) is 4.98 Å². The molecule has 1 amide bonds. The van der Waals surface area contributed by atoms with E-state index in [-0.39, 0.29) is 5.91 Å². The molecule has 0 aliphatic heterocycles. The second-order valence-electron chi connectivity index (χ2n) is 4.62. The summed E-state index contributed by atoms with van der Waals surface area (Å²) < 4.78 is 1.000. The van der Waals surface area contributed by atoms with Gasteiger partial charge in [0, 0.05) is 17.3 Å². The number of thiazole rings is 1. The predicted molar refractivity (Wildman–Crippen MR) is 75.8 cm³/mol. The van der Waals surface area contributed by atoms with Crippen molar-refractivity contribution >= 4 is 29.0 Å². The van der Waals surface area contributed by atoms with Crippen LogP contribution in [0.15, 0.2) is 15.9 Å². The molecular weight excluding hydrogens is 266 g/mol. The fourth-order valence-corrected chi connectivity index (χ4v) is 4.00. The van der Waals surface area contributed by atoms with E-state index < -0.39 is 5.54 Å². The second kappa shape index (κ2) is 6.04. The lowest BCUT2D eigenvalue weighted by Crippen LogP contribution is -2.59. The number of hydrogen-bond donors (Lipinski definition) is 2. The number of nitrogens with one attached hydrogen (secondary N) is 1. The Morgan fingerprint density at radius 3 is 3.00 bits per heavy atom. The molecule has 0 bridgehead atoms. The molecule has 1 aromatic heterocycles. The summed E-state index contributed by atoms with van der Waals surface area (Å²) >= 11 is 3.23. The summed E-state index contributed by atoms with van der Waals surface area (Å²) in [6.07, 6.45) is 4.98. The molecule has 1 saturated carbocycles. The molecule has 1 aliphatic rings. The van der Waals surface area contributed by atoms with Gasteiger partial charge < -0.3 is 11.1 Å². The minimum atomic E-state index is -0.549. The van der Waals surface area contributed by atoms with E-state index in [1.54, 1.807) is 29.3 Å². The summed E-state index contributed by atoms with van der Waals surface area (Å²) in [6, 6.07) is 0. The molecule has 0 saturated heterocycles. The number of primary amides is 1. The van der Waals surface area contributed by atoms with Gasteiger partial charge in [-0.15, -0.1) is 11.3 Å². The molecule has 1 fully saturated rings. The zero-order valence-corrected chi connectivity index (χ0v) is 12.1. The molecule has 0 aromatic carbocycles. The Morgan fingerprint density at radius 2 is 2.50 bits per heavy atom. The number of aromatic nitrogens is 1. The van der Waals surface area contributed by atoms with E-state index in [9.17, 15) is 4.79 Å². The Morgan fingerprint density at radius 1 is 1.72 bits per heavy atom. The Hall–Kier alpha value is -0.590. The van der Waals surface area contributed by atoms with E-state index in [0.717, 1.165) is 30.1 Å². The van der Waals surface area contributed by atoms with Crippen LogP contribution in [0.4, 0.5) is 0 Å². The van der Waals surface area contributed by atoms with Gasteiger partial charge in [0.1, 0.15) is 9.88 Å². The van der Waals surface area contributed by atoms with E-state index in [0.29, 0.717) is 11.7 Å². The van der Waals surface area contributed by atoms with Gasteiger partial charge in [-0.3, -0.25) is 4.79 Å². The molecule has 3 N–H and O–H groups in total. The molecule has 6 heteroatoms. The van der Waals surface area contributed by atoms with Gasteiger partial charge in [-0.05, 0) is 31.7 Å². The summed E-state index contributed by atoms with van der Waals surface area (Å²) in [5, 5.41) is 5.34. The predicted octanol–water partition coefficient (Wildman–Crippen LogP) is 1.87. The van der Waals surface area contributed by atoms with E-state index in [4.69, 9.17) is 5.73 Å². The van der Waals surface area contributed by atoms with Crippen molar-refractivity contribution in [2.45, 2.75) is 36.1 Å². The molecule has 4 nitrogen and oxygen atoms in total. The minimum absolute atomic E-state index is 0.220. The van der Waals surface area contributed by atoms with Crippen molar-refractivity contribution in [2.24, 2.45) is 11.7 Å². The third-order valence-corrected chi connectivity index (χ3v) is 5.40. The number of thioether (sulfide) groups is 1. The minimum Gasteiger partial charge on any atom is -0.368 e. The fourth-order valence-electron chi connectivity index (χ4n) is 2.05. The molecule has 1 atom stereocenters. The van der Waals surface area contributed by atoms with Crippen molar-refractivity contribution < 1.29 is 4.79 Å². The molecule has 18 heavy (non-hydrogen) atoms. The van der Waals surface area contributed by atoms with Crippen molar-refractivity contribution in [3.05, 3.63) is 11.6 Å². The molecule has 1 aliphatic carbocycles. The van der Waals surface area contributed by atoms with Gasteiger partial charge in [0.25, 0.3) is 0 Å². The standard InChI is InChI=1S/C12H19N3OS2/c1-2-5-15-12(10(13)16,9-3-4-9)8-18-11-14-6-7-17-11/h6-7,9,15H,2-5,8H2,1H3,(H2,13,16). The number of rotatable bonds is 8. The maximum absolute atomic E-state index is 11.9. The first kappa shape index (κ1) is 13.8. The summed E-state index contributed by atoms with van der Waals surface area (Å²) in [7, 11) is 0. The van der Waals surface area contributed by atoms with Crippen molar-refractivity contribution in [2.75, 3.05) is 12.3 Å². The number of carbonyl (C=O) groups excluding carboxylic acids is 1. The first-order chi connectivity index (χ1) is 8.69. The van der Waals surface area contributed by atoms with Crippen LogP contribution in [0.1, 0.15) is 26.2 Å². The first-order valence-corrected chi connectivity index (χ1v) is 8.13. The maximum atomic E-state index is 11.9.